The van der Waals surface area contributed by atoms with Gasteiger partial charge in [0.2, 0.25) is 0 Å². The second kappa shape index (κ2) is 7.94. The minimum atomic E-state index is -3.43. The molecule has 1 saturated heterocycles. The van der Waals surface area contributed by atoms with E-state index < -0.39 is 49.7 Å². The van der Waals surface area contributed by atoms with Crippen molar-refractivity contribution in [2.24, 2.45) is 5.92 Å². The average Bonchev–Trinajstić information content (AvgIpc) is 2.78. The molecule has 1 aliphatic heterocycles. The van der Waals surface area contributed by atoms with Crippen LogP contribution in [0.5, 0.6) is 0 Å². The van der Waals surface area contributed by atoms with Gasteiger partial charge in [0.05, 0.1) is 0 Å². The van der Waals surface area contributed by atoms with Crippen molar-refractivity contribution in [1.29, 1.82) is 0 Å². The Balaban J connectivity index is 2.14. The number of H-pyrrole nitrogens is 1. The van der Waals surface area contributed by atoms with E-state index in [4.69, 9.17) is 9.26 Å². The fourth-order valence-corrected chi connectivity index (χ4v) is 4.02. The Morgan fingerprint density at radius 1 is 1.44 bits per heavy atom. The number of aliphatic hydroxyl groups is 2. The molecule has 2 heterocycles. The number of aromatic amines is 1. The lowest BCUT2D eigenvalue weighted by molar-refractivity contribution is -0.203. The predicted molar refractivity (Wildman–Crippen MR) is 94.2 cm³/mol. The average molecular weight is 409 g/mol. The molecule has 1 aromatic heterocycles. The highest BCUT2D eigenvalue weighted by atomic mass is 31.2. The quantitative estimate of drug-likeness (QED) is 0.458. The molecule has 0 aromatic carbocycles. The number of hydrogen-bond acceptors (Lipinski definition) is 7. The lowest BCUT2D eigenvalue weighted by atomic mass is 10.1. The Bertz CT molecular complexity index is 828. The molecule has 4 N–H and O–H groups in total. The van der Waals surface area contributed by atoms with E-state index in [0.717, 1.165) is 16.8 Å². The summed E-state index contributed by atoms with van der Waals surface area (Å²) in [6, 6.07) is 0.805. The van der Waals surface area contributed by atoms with Crippen LogP contribution in [0.25, 0.3) is 0 Å². The van der Waals surface area contributed by atoms with Gasteiger partial charge in [0.25, 0.3) is 18.9 Å². The third-order valence-electron chi connectivity index (χ3n) is 4.45. The van der Waals surface area contributed by atoms with Crippen molar-refractivity contribution in [2.45, 2.75) is 51.1 Å². The molecule has 154 valence electrons. The molecular weight excluding hydrogens is 384 g/mol. The number of alkyl halides is 1. The molecule has 0 spiro atoms. The van der Waals surface area contributed by atoms with E-state index in [2.05, 4.69) is 5.09 Å². The van der Waals surface area contributed by atoms with Crippen LogP contribution in [0.15, 0.2) is 21.9 Å². The standard InChI is InChI=1S/C15H25FN3O7P/c1-8(2)9(3)18-27(4,24)25-7-15(16)12(22)11(21)13(26-15)19-6-5-10(20)17-14(19)23/h5-6,8-9,11-13,21-22H,7H2,1-4H3,(H,18,24)(H,17,20,23)/t9-,11+,12-,13+,15+,27?/m0/s1. The molecule has 12 heteroatoms. The highest BCUT2D eigenvalue weighted by Gasteiger charge is 2.57. The fraction of sp³-hybridized carbons (Fsp3) is 0.733. The van der Waals surface area contributed by atoms with Crippen molar-refractivity contribution in [2.75, 3.05) is 13.3 Å². The molecule has 27 heavy (non-hydrogen) atoms. The minimum absolute atomic E-state index is 0.146. The molecule has 0 amide bonds. The summed E-state index contributed by atoms with van der Waals surface area (Å²) in [5.74, 6) is -2.76. The minimum Gasteiger partial charge on any atom is -0.385 e. The zero-order valence-corrected chi connectivity index (χ0v) is 16.4. The SMILES string of the molecule is CC(C)[C@H](C)NP(C)(=O)OC[C@@]1(F)O[C@@H](n2ccc(=O)[nH]c2=O)[C@H](O)[C@@H]1O. The van der Waals surface area contributed by atoms with Gasteiger partial charge in [-0.05, 0) is 12.8 Å². The largest absolute Gasteiger partial charge is 0.385 e. The Kier molecular flexibility index (Phi) is 6.45. The summed E-state index contributed by atoms with van der Waals surface area (Å²) in [5.41, 5.74) is -1.63. The molecule has 0 saturated carbocycles. The smallest absolute Gasteiger partial charge is 0.330 e. The number of nitrogens with zero attached hydrogens (tertiary/aromatic N) is 1. The predicted octanol–water partition coefficient (Wildman–Crippen LogP) is -0.0734. The van der Waals surface area contributed by atoms with Gasteiger partial charge in [-0.1, -0.05) is 13.8 Å². The van der Waals surface area contributed by atoms with Gasteiger partial charge in [0.15, 0.2) is 6.23 Å². The summed E-state index contributed by atoms with van der Waals surface area (Å²) >= 11 is 0. The molecular formula is C15H25FN3O7P. The van der Waals surface area contributed by atoms with Crippen molar-refractivity contribution in [3.63, 3.8) is 0 Å². The van der Waals surface area contributed by atoms with Crippen molar-refractivity contribution in [1.82, 2.24) is 14.6 Å². The van der Waals surface area contributed by atoms with Gasteiger partial charge < -0.3 is 19.5 Å². The number of nitrogens with one attached hydrogen (secondary N) is 2. The summed E-state index contributed by atoms with van der Waals surface area (Å²) in [6.45, 7) is 5.92. The monoisotopic (exact) mass is 409 g/mol. The third kappa shape index (κ3) is 4.92. The maximum absolute atomic E-state index is 15.0. The van der Waals surface area contributed by atoms with Crippen LogP contribution in [-0.4, -0.2) is 57.1 Å². The van der Waals surface area contributed by atoms with Crippen molar-refractivity contribution in [3.05, 3.63) is 33.1 Å². The maximum Gasteiger partial charge on any atom is 0.330 e. The summed E-state index contributed by atoms with van der Waals surface area (Å²) in [6.07, 6.45) is -4.48. The lowest BCUT2D eigenvalue weighted by Gasteiger charge is -2.27. The van der Waals surface area contributed by atoms with E-state index >= 15 is 4.39 Å². The highest BCUT2D eigenvalue weighted by molar-refractivity contribution is 7.56. The number of aliphatic hydroxyl groups excluding tert-OH is 2. The molecule has 0 bridgehead atoms. The van der Waals surface area contributed by atoms with Crippen LogP contribution in [0.3, 0.4) is 0 Å². The zero-order chi connectivity index (χ0) is 20.6. The van der Waals surface area contributed by atoms with Gasteiger partial charge in [-0.15, -0.1) is 0 Å². The normalized spacial score (nSPS) is 31.8. The Morgan fingerprint density at radius 2 is 2.07 bits per heavy atom. The first-order valence-electron chi connectivity index (χ1n) is 8.40. The molecule has 1 aromatic rings. The molecule has 1 aliphatic rings. The lowest BCUT2D eigenvalue weighted by Crippen LogP contribution is -2.43. The molecule has 2 rings (SSSR count). The second-order valence-electron chi connectivity index (χ2n) is 7.03. The molecule has 6 atom stereocenters. The van der Waals surface area contributed by atoms with E-state index in [1.165, 1.54) is 6.66 Å². The van der Waals surface area contributed by atoms with Gasteiger partial charge in [-0.2, -0.15) is 0 Å². The summed E-state index contributed by atoms with van der Waals surface area (Å²) in [4.78, 5) is 24.9. The van der Waals surface area contributed by atoms with Gasteiger partial charge >= 0.3 is 5.69 Å². The topological polar surface area (TPSA) is 143 Å². The van der Waals surface area contributed by atoms with Crippen LogP contribution in [-0.2, 0) is 13.8 Å². The van der Waals surface area contributed by atoms with Crippen LogP contribution >= 0.6 is 7.52 Å². The van der Waals surface area contributed by atoms with Crippen LogP contribution in [0, 0.1) is 5.92 Å². The summed E-state index contributed by atoms with van der Waals surface area (Å²) in [5, 5.41) is 22.9. The zero-order valence-electron chi connectivity index (χ0n) is 15.5. The third-order valence-corrected chi connectivity index (χ3v) is 5.94. The maximum atomic E-state index is 15.0. The van der Waals surface area contributed by atoms with E-state index in [-0.39, 0.29) is 12.0 Å². The van der Waals surface area contributed by atoms with Crippen LogP contribution in [0.1, 0.15) is 27.0 Å². The first-order chi connectivity index (χ1) is 12.4. The van der Waals surface area contributed by atoms with Gasteiger partial charge in [-0.3, -0.25) is 18.9 Å². The Morgan fingerprint density at radius 3 is 2.63 bits per heavy atom. The summed E-state index contributed by atoms with van der Waals surface area (Å²) < 4.78 is 38.4. The van der Waals surface area contributed by atoms with Gasteiger partial charge in [-0.25, -0.2) is 14.3 Å². The first-order valence-corrected chi connectivity index (χ1v) is 10.5. The number of halogens is 1. The van der Waals surface area contributed by atoms with E-state index in [0.29, 0.717) is 0 Å². The summed E-state index contributed by atoms with van der Waals surface area (Å²) in [7, 11) is -3.43. The van der Waals surface area contributed by atoms with Crippen molar-refractivity contribution in [3.8, 4) is 0 Å². The van der Waals surface area contributed by atoms with Gasteiger partial charge in [0, 0.05) is 25.0 Å². The number of aromatic nitrogens is 2. The Labute approximate surface area is 154 Å². The molecule has 0 aliphatic carbocycles. The van der Waals surface area contributed by atoms with E-state index in [9.17, 15) is 24.4 Å². The molecule has 0 radical (unpaired) electrons. The van der Waals surface area contributed by atoms with E-state index in [1.54, 1.807) is 6.92 Å². The number of rotatable bonds is 7. The molecule has 1 unspecified atom stereocenters. The molecule has 1 fully saturated rings. The fourth-order valence-electron chi connectivity index (χ4n) is 2.49. The Hall–Kier alpha value is -1.36. The van der Waals surface area contributed by atoms with Crippen LogP contribution in [0.2, 0.25) is 0 Å². The van der Waals surface area contributed by atoms with Crippen molar-refractivity contribution < 1.29 is 28.4 Å². The second-order valence-corrected chi connectivity index (χ2v) is 9.24. The highest BCUT2D eigenvalue weighted by Crippen LogP contribution is 2.44. The first kappa shape index (κ1) is 21.9. The van der Waals surface area contributed by atoms with Crippen LogP contribution < -0.4 is 16.3 Å². The van der Waals surface area contributed by atoms with Crippen molar-refractivity contribution >= 4 is 7.52 Å². The molecule has 10 nitrogen and oxygen atoms in total. The number of hydrogen-bond donors (Lipinski definition) is 4. The van der Waals surface area contributed by atoms with E-state index in [1.807, 2.05) is 18.8 Å². The number of ether oxygens (including phenoxy) is 1. The van der Waals surface area contributed by atoms with Gasteiger partial charge in [0.1, 0.15) is 18.8 Å². The van der Waals surface area contributed by atoms with Crippen LogP contribution in [0.4, 0.5) is 4.39 Å².